The Bertz CT molecular complexity index is 425. The Labute approximate surface area is 121 Å². The molecule has 1 aromatic heterocycles. The Morgan fingerprint density at radius 1 is 1.30 bits per heavy atom. The zero-order chi connectivity index (χ0) is 13.9. The van der Waals surface area contributed by atoms with Gasteiger partial charge in [-0.15, -0.1) is 0 Å². The van der Waals surface area contributed by atoms with Crippen molar-refractivity contribution in [3.05, 3.63) is 11.7 Å². The van der Waals surface area contributed by atoms with Crippen molar-refractivity contribution in [3.8, 4) is 0 Å². The fourth-order valence-corrected chi connectivity index (χ4v) is 3.52. The van der Waals surface area contributed by atoms with Crippen LogP contribution in [0, 0.1) is 0 Å². The molecular formula is C15H26N4O. The minimum Gasteiger partial charge on any atom is -0.339 e. The molecule has 0 amide bonds. The van der Waals surface area contributed by atoms with Crippen LogP contribution in [-0.2, 0) is 6.42 Å². The van der Waals surface area contributed by atoms with E-state index in [4.69, 9.17) is 4.52 Å². The SMILES string of the molecule is CC(C)N1CCCC1Cc1nc(C2CCCCN2)no1. The molecule has 2 fully saturated rings. The lowest BCUT2D eigenvalue weighted by molar-refractivity contribution is 0.192. The maximum Gasteiger partial charge on any atom is 0.228 e. The van der Waals surface area contributed by atoms with E-state index < -0.39 is 0 Å². The lowest BCUT2D eigenvalue weighted by atomic mass is 10.0. The Morgan fingerprint density at radius 2 is 2.20 bits per heavy atom. The van der Waals surface area contributed by atoms with Crippen LogP contribution in [-0.4, -0.2) is 40.2 Å². The first-order valence-corrected chi connectivity index (χ1v) is 8.05. The van der Waals surface area contributed by atoms with Crippen molar-refractivity contribution in [1.82, 2.24) is 20.4 Å². The molecule has 2 aliphatic heterocycles. The van der Waals surface area contributed by atoms with Crippen LogP contribution in [0.2, 0.25) is 0 Å². The molecule has 0 spiro atoms. The largest absolute Gasteiger partial charge is 0.339 e. The zero-order valence-corrected chi connectivity index (χ0v) is 12.6. The molecule has 20 heavy (non-hydrogen) atoms. The van der Waals surface area contributed by atoms with Gasteiger partial charge in [0.15, 0.2) is 5.82 Å². The first-order valence-electron chi connectivity index (χ1n) is 8.05. The van der Waals surface area contributed by atoms with Gasteiger partial charge in [-0.1, -0.05) is 11.6 Å². The van der Waals surface area contributed by atoms with Gasteiger partial charge < -0.3 is 9.84 Å². The molecule has 2 atom stereocenters. The van der Waals surface area contributed by atoms with Gasteiger partial charge in [0.1, 0.15) is 0 Å². The highest BCUT2D eigenvalue weighted by Crippen LogP contribution is 2.24. The number of rotatable bonds is 4. The number of likely N-dealkylation sites (tertiary alicyclic amines) is 1. The van der Waals surface area contributed by atoms with Gasteiger partial charge in [-0.2, -0.15) is 4.98 Å². The Hall–Kier alpha value is -0.940. The third kappa shape index (κ3) is 3.04. The summed E-state index contributed by atoms with van der Waals surface area (Å²) in [7, 11) is 0. The molecule has 1 aromatic rings. The minimum atomic E-state index is 0.297. The standard InChI is InChI=1S/C15H26N4O/c1-11(2)19-9-5-6-12(19)10-14-17-15(18-20-14)13-7-3-4-8-16-13/h11-13,16H,3-10H2,1-2H3. The summed E-state index contributed by atoms with van der Waals surface area (Å²) < 4.78 is 5.48. The number of piperidine rings is 1. The van der Waals surface area contributed by atoms with Crippen molar-refractivity contribution < 1.29 is 4.52 Å². The third-order valence-electron chi connectivity index (χ3n) is 4.60. The lowest BCUT2D eigenvalue weighted by Gasteiger charge is -2.27. The molecule has 5 nitrogen and oxygen atoms in total. The maximum atomic E-state index is 5.48. The second kappa shape index (κ2) is 6.22. The molecule has 0 radical (unpaired) electrons. The predicted octanol–water partition coefficient (Wildman–Crippen LogP) is 2.30. The number of aromatic nitrogens is 2. The molecule has 2 unspecified atom stereocenters. The van der Waals surface area contributed by atoms with E-state index in [-0.39, 0.29) is 0 Å². The van der Waals surface area contributed by atoms with Crippen molar-refractivity contribution in [2.45, 2.75) is 70.5 Å². The van der Waals surface area contributed by atoms with Crippen molar-refractivity contribution in [3.63, 3.8) is 0 Å². The molecule has 0 aromatic carbocycles. The van der Waals surface area contributed by atoms with Gasteiger partial charge in [-0.05, 0) is 52.6 Å². The summed E-state index contributed by atoms with van der Waals surface area (Å²) >= 11 is 0. The van der Waals surface area contributed by atoms with Crippen molar-refractivity contribution in [2.24, 2.45) is 0 Å². The van der Waals surface area contributed by atoms with Crippen LogP contribution in [0.4, 0.5) is 0 Å². The van der Waals surface area contributed by atoms with Gasteiger partial charge in [-0.3, -0.25) is 4.90 Å². The molecule has 112 valence electrons. The fourth-order valence-electron chi connectivity index (χ4n) is 3.52. The van der Waals surface area contributed by atoms with E-state index in [1.54, 1.807) is 0 Å². The number of nitrogens with one attached hydrogen (secondary N) is 1. The smallest absolute Gasteiger partial charge is 0.228 e. The number of nitrogens with zero attached hydrogens (tertiary/aromatic N) is 3. The fraction of sp³-hybridized carbons (Fsp3) is 0.867. The van der Waals surface area contributed by atoms with E-state index in [9.17, 15) is 0 Å². The van der Waals surface area contributed by atoms with Crippen molar-refractivity contribution in [1.29, 1.82) is 0 Å². The van der Waals surface area contributed by atoms with Crippen LogP contribution in [0.15, 0.2) is 4.52 Å². The quantitative estimate of drug-likeness (QED) is 0.916. The highest BCUT2D eigenvalue weighted by Gasteiger charge is 2.29. The average Bonchev–Trinajstić information content (AvgIpc) is 3.09. The van der Waals surface area contributed by atoms with Gasteiger partial charge >= 0.3 is 0 Å². The topological polar surface area (TPSA) is 54.2 Å². The summed E-state index contributed by atoms with van der Waals surface area (Å²) in [5.74, 6) is 1.67. The minimum absolute atomic E-state index is 0.297. The molecule has 0 bridgehead atoms. The number of hydrogen-bond acceptors (Lipinski definition) is 5. The van der Waals surface area contributed by atoms with Gasteiger partial charge in [-0.25, -0.2) is 0 Å². The van der Waals surface area contributed by atoms with E-state index >= 15 is 0 Å². The van der Waals surface area contributed by atoms with Crippen LogP contribution >= 0.6 is 0 Å². The third-order valence-corrected chi connectivity index (χ3v) is 4.60. The van der Waals surface area contributed by atoms with Crippen LogP contribution in [0.3, 0.4) is 0 Å². The molecule has 2 aliphatic rings. The maximum absolute atomic E-state index is 5.48. The summed E-state index contributed by atoms with van der Waals surface area (Å²) in [5, 5.41) is 7.66. The monoisotopic (exact) mass is 278 g/mol. The molecule has 1 N–H and O–H groups in total. The molecule has 3 heterocycles. The van der Waals surface area contributed by atoms with Crippen molar-refractivity contribution >= 4 is 0 Å². The van der Waals surface area contributed by atoms with E-state index in [1.807, 2.05) is 0 Å². The summed E-state index contributed by atoms with van der Waals surface area (Å²) in [6.45, 7) is 6.80. The van der Waals surface area contributed by atoms with Crippen LogP contribution in [0.25, 0.3) is 0 Å². The van der Waals surface area contributed by atoms with E-state index in [0.29, 0.717) is 18.1 Å². The molecular weight excluding hydrogens is 252 g/mol. The predicted molar refractivity (Wildman–Crippen MR) is 77.5 cm³/mol. The highest BCUT2D eigenvalue weighted by atomic mass is 16.5. The summed E-state index contributed by atoms with van der Waals surface area (Å²) in [4.78, 5) is 7.18. The molecule has 3 rings (SSSR count). The lowest BCUT2D eigenvalue weighted by Crippen LogP contribution is -2.36. The van der Waals surface area contributed by atoms with Gasteiger partial charge in [0.2, 0.25) is 5.89 Å². The first kappa shape index (κ1) is 14.0. The Morgan fingerprint density at radius 3 is 2.95 bits per heavy atom. The highest BCUT2D eigenvalue weighted by molar-refractivity contribution is 4.98. The number of hydrogen-bond donors (Lipinski definition) is 1. The van der Waals surface area contributed by atoms with E-state index in [0.717, 1.165) is 31.1 Å². The summed E-state index contributed by atoms with van der Waals surface area (Å²) in [5.41, 5.74) is 0. The van der Waals surface area contributed by atoms with Gasteiger partial charge in [0, 0.05) is 18.5 Å². The van der Waals surface area contributed by atoms with Crippen LogP contribution in [0.5, 0.6) is 0 Å². The Balaban J connectivity index is 1.62. The average molecular weight is 278 g/mol. The van der Waals surface area contributed by atoms with Crippen LogP contribution in [0.1, 0.15) is 63.7 Å². The Kier molecular flexibility index (Phi) is 4.36. The van der Waals surface area contributed by atoms with Crippen LogP contribution < -0.4 is 5.32 Å². The first-order chi connectivity index (χ1) is 9.74. The van der Waals surface area contributed by atoms with Crippen molar-refractivity contribution in [2.75, 3.05) is 13.1 Å². The second-order valence-corrected chi connectivity index (χ2v) is 6.38. The molecule has 0 saturated carbocycles. The normalized spacial score (nSPS) is 28.4. The molecule has 5 heteroatoms. The summed E-state index contributed by atoms with van der Waals surface area (Å²) in [6, 6.07) is 1.47. The molecule has 0 aliphatic carbocycles. The summed E-state index contributed by atoms with van der Waals surface area (Å²) in [6.07, 6.45) is 7.07. The second-order valence-electron chi connectivity index (χ2n) is 6.38. The zero-order valence-electron chi connectivity index (χ0n) is 12.6. The van der Waals surface area contributed by atoms with Gasteiger partial charge in [0.05, 0.1) is 6.04 Å². The van der Waals surface area contributed by atoms with E-state index in [1.165, 1.54) is 32.2 Å². The van der Waals surface area contributed by atoms with Gasteiger partial charge in [0.25, 0.3) is 0 Å². The molecule has 2 saturated heterocycles. The van der Waals surface area contributed by atoms with E-state index in [2.05, 4.69) is 34.2 Å².